The monoisotopic (exact) mass is 274 g/mol. The second-order valence-electron chi connectivity index (χ2n) is 5.78. The summed E-state index contributed by atoms with van der Waals surface area (Å²) < 4.78 is 1.34. The Kier molecular flexibility index (Phi) is 4.19. The molecule has 1 fully saturated rings. The summed E-state index contributed by atoms with van der Waals surface area (Å²) in [6.45, 7) is 0. The van der Waals surface area contributed by atoms with E-state index in [-0.39, 0.29) is 6.10 Å². The number of hydrogen-bond acceptors (Lipinski definition) is 2. The lowest BCUT2D eigenvalue weighted by Crippen LogP contribution is -2.22. The number of hydrogen-bond donors (Lipinski definition) is 1. The zero-order valence-corrected chi connectivity index (χ0v) is 12.2. The second kappa shape index (κ2) is 6.06. The normalized spacial score (nSPS) is 19.4. The minimum absolute atomic E-state index is 0.156. The molecular weight excluding hydrogens is 252 g/mol. The summed E-state index contributed by atoms with van der Waals surface area (Å²) >= 11 is 1.80. The smallest absolute Gasteiger partial charge is 0.0609 e. The molecule has 1 atom stereocenters. The van der Waals surface area contributed by atoms with Crippen LogP contribution in [-0.4, -0.2) is 11.2 Å². The van der Waals surface area contributed by atoms with Crippen molar-refractivity contribution in [2.24, 2.45) is 5.92 Å². The maximum absolute atomic E-state index is 10.5. The van der Waals surface area contributed by atoms with Crippen molar-refractivity contribution in [3.05, 3.63) is 35.2 Å². The highest BCUT2D eigenvalue weighted by atomic mass is 32.1. The van der Waals surface area contributed by atoms with Gasteiger partial charge in [0.15, 0.2) is 0 Å². The highest BCUT2D eigenvalue weighted by Crippen LogP contribution is 2.31. The van der Waals surface area contributed by atoms with Gasteiger partial charge in [-0.3, -0.25) is 0 Å². The molecule has 3 rings (SSSR count). The lowest BCUT2D eigenvalue weighted by Gasteiger charge is -2.21. The molecule has 1 aromatic carbocycles. The lowest BCUT2D eigenvalue weighted by atomic mass is 9.90. The van der Waals surface area contributed by atoms with Crippen LogP contribution in [0.1, 0.15) is 44.1 Å². The van der Waals surface area contributed by atoms with Gasteiger partial charge in [0.1, 0.15) is 0 Å². The molecule has 1 saturated carbocycles. The van der Waals surface area contributed by atoms with Gasteiger partial charge in [-0.25, -0.2) is 0 Å². The van der Waals surface area contributed by atoms with E-state index in [0.29, 0.717) is 5.92 Å². The third kappa shape index (κ3) is 3.01. The van der Waals surface area contributed by atoms with Crippen LogP contribution in [0.3, 0.4) is 0 Å². The molecule has 0 bridgehead atoms. The summed E-state index contributed by atoms with van der Waals surface area (Å²) in [6.07, 6.45) is 8.39. The van der Waals surface area contributed by atoms with Crippen molar-refractivity contribution in [3.8, 4) is 0 Å². The Labute approximate surface area is 119 Å². The Bertz CT molecular complexity index is 523. The molecule has 1 aromatic heterocycles. The standard InChI is InChI=1S/C17H22OS/c18-16(13-7-3-1-2-4-8-13)11-14-12-19-17-10-6-5-9-15(14)17/h5-6,9-10,12-13,16,18H,1-4,7-8,11H2. The Balaban J connectivity index is 1.73. The van der Waals surface area contributed by atoms with E-state index >= 15 is 0 Å². The van der Waals surface area contributed by atoms with E-state index in [1.54, 1.807) is 11.3 Å². The molecule has 0 radical (unpaired) electrons. The highest BCUT2D eigenvalue weighted by Gasteiger charge is 2.21. The quantitative estimate of drug-likeness (QED) is 0.799. The number of rotatable bonds is 3. The van der Waals surface area contributed by atoms with E-state index in [9.17, 15) is 5.11 Å². The van der Waals surface area contributed by atoms with Crippen molar-refractivity contribution in [1.29, 1.82) is 0 Å². The van der Waals surface area contributed by atoms with Crippen molar-refractivity contribution in [2.75, 3.05) is 0 Å². The molecule has 2 heteroatoms. The third-order valence-corrected chi connectivity index (χ3v) is 5.45. The first-order chi connectivity index (χ1) is 9.34. The van der Waals surface area contributed by atoms with Crippen LogP contribution in [0, 0.1) is 5.92 Å². The molecular formula is C17H22OS. The summed E-state index contributed by atoms with van der Waals surface area (Å²) in [4.78, 5) is 0. The number of fused-ring (bicyclic) bond motifs is 1. The van der Waals surface area contributed by atoms with Crippen molar-refractivity contribution in [1.82, 2.24) is 0 Å². The van der Waals surface area contributed by atoms with Crippen molar-refractivity contribution in [3.63, 3.8) is 0 Å². The summed E-state index contributed by atoms with van der Waals surface area (Å²) in [5.74, 6) is 0.515. The van der Waals surface area contributed by atoms with Crippen LogP contribution in [0.4, 0.5) is 0 Å². The molecule has 0 saturated heterocycles. The van der Waals surface area contributed by atoms with Gasteiger partial charge in [-0.15, -0.1) is 11.3 Å². The number of aliphatic hydroxyl groups excluding tert-OH is 1. The molecule has 1 heterocycles. The minimum atomic E-state index is -0.156. The molecule has 0 aliphatic heterocycles. The Morgan fingerprint density at radius 2 is 1.84 bits per heavy atom. The van der Waals surface area contributed by atoms with Crippen molar-refractivity contribution in [2.45, 2.75) is 51.0 Å². The molecule has 1 aliphatic rings. The van der Waals surface area contributed by atoms with Crippen LogP contribution in [0.2, 0.25) is 0 Å². The number of thiophene rings is 1. The van der Waals surface area contributed by atoms with Crippen LogP contribution in [0.25, 0.3) is 10.1 Å². The summed E-state index contributed by atoms with van der Waals surface area (Å²) in [5, 5.41) is 14.1. The fourth-order valence-corrected chi connectivity index (χ4v) is 4.25. The van der Waals surface area contributed by atoms with Gasteiger partial charge < -0.3 is 5.11 Å². The van der Waals surface area contributed by atoms with E-state index in [2.05, 4.69) is 29.6 Å². The molecule has 1 N–H and O–H groups in total. The molecule has 19 heavy (non-hydrogen) atoms. The Hall–Kier alpha value is -0.860. The maximum Gasteiger partial charge on any atom is 0.0609 e. The average molecular weight is 274 g/mol. The fraction of sp³-hybridized carbons (Fsp3) is 0.529. The predicted molar refractivity (Wildman–Crippen MR) is 82.7 cm³/mol. The Morgan fingerprint density at radius 3 is 2.63 bits per heavy atom. The first-order valence-corrected chi connectivity index (χ1v) is 8.36. The van der Waals surface area contributed by atoms with E-state index in [1.807, 2.05) is 0 Å². The van der Waals surface area contributed by atoms with E-state index in [1.165, 1.54) is 54.2 Å². The van der Waals surface area contributed by atoms with Gasteiger partial charge in [-0.05, 0) is 41.2 Å². The van der Waals surface area contributed by atoms with Gasteiger partial charge in [0, 0.05) is 11.1 Å². The van der Waals surface area contributed by atoms with Gasteiger partial charge in [0.2, 0.25) is 0 Å². The summed E-state index contributed by atoms with van der Waals surface area (Å²) in [6, 6.07) is 8.53. The average Bonchev–Trinajstić information content (AvgIpc) is 2.66. The molecule has 1 nitrogen and oxygen atoms in total. The fourth-order valence-electron chi connectivity index (χ4n) is 3.28. The zero-order chi connectivity index (χ0) is 13.1. The summed E-state index contributed by atoms with van der Waals surface area (Å²) in [7, 11) is 0. The first kappa shape index (κ1) is 13.1. The van der Waals surface area contributed by atoms with Crippen LogP contribution < -0.4 is 0 Å². The number of aliphatic hydroxyl groups is 1. The largest absolute Gasteiger partial charge is 0.392 e. The zero-order valence-electron chi connectivity index (χ0n) is 11.3. The molecule has 0 spiro atoms. The van der Waals surface area contributed by atoms with Gasteiger partial charge in [-0.1, -0.05) is 43.9 Å². The molecule has 2 aromatic rings. The molecule has 102 valence electrons. The number of benzene rings is 1. The van der Waals surface area contributed by atoms with Crippen LogP contribution in [-0.2, 0) is 6.42 Å². The van der Waals surface area contributed by atoms with Crippen LogP contribution in [0.5, 0.6) is 0 Å². The maximum atomic E-state index is 10.5. The molecule has 1 unspecified atom stereocenters. The molecule has 0 amide bonds. The van der Waals surface area contributed by atoms with Gasteiger partial charge in [0.05, 0.1) is 6.10 Å². The Morgan fingerprint density at radius 1 is 1.11 bits per heavy atom. The van der Waals surface area contributed by atoms with Crippen molar-refractivity contribution >= 4 is 21.4 Å². The second-order valence-corrected chi connectivity index (χ2v) is 6.69. The van der Waals surface area contributed by atoms with Gasteiger partial charge in [-0.2, -0.15) is 0 Å². The first-order valence-electron chi connectivity index (χ1n) is 7.48. The topological polar surface area (TPSA) is 20.2 Å². The molecule has 1 aliphatic carbocycles. The highest BCUT2D eigenvalue weighted by molar-refractivity contribution is 7.17. The lowest BCUT2D eigenvalue weighted by molar-refractivity contribution is 0.0990. The van der Waals surface area contributed by atoms with Gasteiger partial charge in [0.25, 0.3) is 0 Å². The van der Waals surface area contributed by atoms with Crippen LogP contribution in [0.15, 0.2) is 29.6 Å². The van der Waals surface area contributed by atoms with E-state index < -0.39 is 0 Å². The van der Waals surface area contributed by atoms with E-state index in [0.717, 1.165) is 6.42 Å². The van der Waals surface area contributed by atoms with Gasteiger partial charge >= 0.3 is 0 Å². The van der Waals surface area contributed by atoms with Crippen LogP contribution >= 0.6 is 11.3 Å². The van der Waals surface area contributed by atoms with E-state index in [4.69, 9.17) is 0 Å². The summed E-state index contributed by atoms with van der Waals surface area (Å²) in [5.41, 5.74) is 1.33. The SMILES string of the molecule is OC(Cc1csc2ccccc12)C1CCCCCC1. The predicted octanol–water partition coefficient (Wildman–Crippen LogP) is 4.78. The third-order valence-electron chi connectivity index (χ3n) is 4.43. The minimum Gasteiger partial charge on any atom is -0.392 e. The van der Waals surface area contributed by atoms with Crippen molar-refractivity contribution < 1.29 is 5.11 Å².